The van der Waals surface area contributed by atoms with E-state index in [1.807, 2.05) is 0 Å². The highest BCUT2D eigenvalue weighted by molar-refractivity contribution is 5.35. The molecule has 6 heteroatoms. The summed E-state index contributed by atoms with van der Waals surface area (Å²) in [5.41, 5.74) is 5.52. The number of nitrogens with zero attached hydrogens (tertiary/aromatic N) is 1. The smallest absolute Gasteiger partial charge is 0.421 e. The van der Waals surface area contributed by atoms with E-state index in [4.69, 9.17) is 10.5 Å². The van der Waals surface area contributed by atoms with E-state index in [0.29, 0.717) is 18.7 Å². The largest absolute Gasteiger partial charge is 0.438 e. The number of alkyl halides is 3. The highest BCUT2D eigenvalue weighted by atomic mass is 19.4. The van der Waals surface area contributed by atoms with E-state index in [2.05, 4.69) is 4.98 Å². The molecular weight excluding hydrogens is 269 g/mol. The Labute approximate surface area is 114 Å². The molecule has 0 atom stereocenters. The van der Waals surface area contributed by atoms with Crippen molar-refractivity contribution in [1.29, 1.82) is 0 Å². The highest BCUT2D eigenvalue weighted by Crippen LogP contribution is 2.36. The van der Waals surface area contributed by atoms with Gasteiger partial charge < -0.3 is 10.5 Å². The van der Waals surface area contributed by atoms with Crippen LogP contribution in [0.1, 0.15) is 11.1 Å². The fraction of sp³-hybridized carbons (Fsp3) is 0.214. The second-order valence-corrected chi connectivity index (χ2v) is 4.14. The van der Waals surface area contributed by atoms with E-state index in [-0.39, 0.29) is 0 Å². The van der Waals surface area contributed by atoms with Crippen molar-refractivity contribution in [3.63, 3.8) is 0 Å². The molecule has 20 heavy (non-hydrogen) atoms. The summed E-state index contributed by atoms with van der Waals surface area (Å²) in [5, 5.41) is 0. The van der Waals surface area contributed by atoms with E-state index in [9.17, 15) is 13.2 Å². The number of hydrogen-bond donors (Lipinski definition) is 1. The van der Waals surface area contributed by atoms with Crippen molar-refractivity contribution in [3.8, 4) is 11.6 Å². The summed E-state index contributed by atoms with van der Waals surface area (Å²) in [6, 6.07) is 8.88. The van der Waals surface area contributed by atoms with Crippen molar-refractivity contribution in [2.24, 2.45) is 5.73 Å². The number of halogens is 3. The normalized spacial score (nSPS) is 11.4. The van der Waals surface area contributed by atoms with Crippen molar-refractivity contribution in [3.05, 3.63) is 53.7 Å². The van der Waals surface area contributed by atoms with Crippen LogP contribution < -0.4 is 10.5 Å². The van der Waals surface area contributed by atoms with Gasteiger partial charge in [-0.25, -0.2) is 4.98 Å². The molecule has 0 bridgehead atoms. The van der Waals surface area contributed by atoms with E-state index < -0.39 is 17.6 Å². The Morgan fingerprint density at radius 1 is 1.10 bits per heavy atom. The number of rotatable bonds is 4. The molecule has 1 aromatic heterocycles. The molecule has 106 valence electrons. The van der Waals surface area contributed by atoms with Crippen LogP contribution in [0.2, 0.25) is 0 Å². The van der Waals surface area contributed by atoms with Crippen LogP contribution in [0.4, 0.5) is 13.2 Å². The van der Waals surface area contributed by atoms with Crippen molar-refractivity contribution < 1.29 is 17.9 Å². The quantitative estimate of drug-likeness (QED) is 0.935. The van der Waals surface area contributed by atoms with Gasteiger partial charge in [-0.05, 0) is 42.8 Å². The average molecular weight is 282 g/mol. The number of ether oxygens (including phenoxy) is 1. The topological polar surface area (TPSA) is 48.1 Å². The molecule has 0 fully saturated rings. The van der Waals surface area contributed by atoms with Crippen LogP contribution in [0.15, 0.2) is 42.6 Å². The molecule has 0 radical (unpaired) electrons. The van der Waals surface area contributed by atoms with Crippen LogP contribution >= 0.6 is 0 Å². The lowest BCUT2D eigenvalue weighted by molar-refractivity contribution is -0.138. The summed E-state index contributed by atoms with van der Waals surface area (Å²) in [4.78, 5) is 3.64. The summed E-state index contributed by atoms with van der Waals surface area (Å²) in [7, 11) is 0. The third kappa shape index (κ3) is 3.48. The molecule has 1 aromatic carbocycles. The van der Waals surface area contributed by atoms with Gasteiger partial charge in [0.2, 0.25) is 5.88 Å². The lowest BCUT2D eigenvalue weighted by Gasteiger charge is -2.12. The Balaban J connectivity index is 2.22. The third-order valence-electron chi connectivity index (χ3n) is 2.65. The van der Waals surface area contributed by atoms with Gasteiger partial charge in [0.05, 0.1) is 0 Å². The number of hydrogen-bond acceptors (Lipinski definition) is 3. The van der Waals surface area contributed by atoms with Crippen molar-refractivity contribution in [1.82, 2.24) is 4.98 Å². The van der Waals surface area contributed by atoms with Crippen LogP contribution in [0.5, 0.6) is 11.6 Å². The fourth-order valence-electron chi connectivity index (χ4n) is 1.69. The first kappa shape index (κ1) is 14.3. The molecule has 0 saturated carbocycles. The molecule has 2 aromatic rings. The van der Waals surface area contributed by atoms with Gasteiger partial charge in [-0.3, -0.25) is 0 Å². The van der Waals surface area contributed by atoms with Crippen LogP contribution in [0, 0.1) is 0 Å². The molecule has 1 heterocycles. The Bertz CT molecular complexity index is 567. The van der Waals surface area contributed by atoms with Gasteiger partial charge >= 0.3 is 6.18 Å². The van der Waals surface area contributed by atoms with Gasteiger partial charge in [0.15, 0.2) is 0 Å². The molecule has 0 aliphatic heterocycles. The third-order valence-corrected chi connectivity index (χ3v) is 2.65. The lowest BCUT2D eigenvalue weighted by atomic mass is 10.1. The summed E-state index contributed by atoms with van der Waals surface area (Å²) in [6.07, 6.45) is -2.53. The molecule has 0 amide bonds. The summed E-state index contributed by atoms with van der Waals surface area (Å²) in [6.45, 7) is 0.513. The van der Waals surface area contributed by atoms with E-state index in [0.717, 1.165) is 11.6 Å². The highest BCUT2D eigenvalue weighted by Gasteiger charge is 2.35. The average Bonchev–Trinajstić information content (AvgIpc) is 2.41. The standard InChI is InChI=1S/C14H13F3N2O/c15-14(16,17)12-2-1-9-19-13(12)20-11-5-3-10(4-6-11)7-8-18/h1-6,9H,7-8,18H2. The van der Waals surface area contributed by atoms with E-state index in [1.54, 1.807) is 24.3 Å². The first-order valence-electron chi connectivity index (χ1n) is 6.00. The maximum absolute atomic E-state index is 12.8. The van der Waals surface area contributed by atoms with Crippen molar-refractivity contribution in [2.75, 3.05) is 6.54 Å². The number of nitrogens with two attached hydrogens (primary N) is 1. The number of benzene rings is 1. The van der Waals surface area contributed by atoms with E-state index >= 15 is 0 Å². The minimum absolute atomic E-state index is 0.301. The zero-order valence-corrected chi connectivity index (χ0v) is 10.5. The van der Waals surface area contributed by atoms with Crippen LogP contribution in [-0.2, 0) is 12.6 Å². The molecule has 2 N–H and O–H groups in total. The minimum Gasteiger partial charge on any atom is -0.438 e. The van der Waals surface area contributed by atoms with Crippen LogP contribution in [0.25, 0.3) is 0 Å². The molecule has 0 aliphatic rings. The van der Waals surface area contributed by atoms with Gasteiger partial charge in [0.1, 0.15) is 11.3 Å². The first-order chi connectivity index (χ1) is 9.50. The minimum atomic E-state index is -4.50. The molecule has 0 saturated heterocycles. The number of aromatic nitrogens is 1. The van der Waals surface area contributed by atoms with Gasteiger partial charge in [0, 0.05) is 6.20 Å². The monoisotopic (exact) mass is 282 g/mol. The van der Waals surface area contributed by atoms with Gasteiger partial charge in [-0.15, -0.1) is 0 Å². The lowest BCUT2D eigenvalue weighted by Crippen LogP contribution is -2.08. The predicted octanol–water partition coefficient (Wildman–Crippen LogP) is 3.39. The molecule has 0 unspecified atom stereocenters. The zero-order valence-electron chi connectivity index (χ0n) is 10.5. The summed E-state index contributed by atoms with van der Waals surface area (Å²) < 4.78 is 43.6. The fourth-order valence-corrected chi connectivity index (χ4v) is 1.69. The van der Waals surface area contributed by atoms with Gasteiger partial charge in [0.25, 0.3) is 0 Å². The van der Waals surface area contributed by atoms with Crippen LogP contribution in [0.3, 0.4) is 0 Å². The predicted molar refractivity (Wildman–Crippen MR) is 68.5 cm³/mol. The van der Waals surface area contributed by atoms with Crippen molar-refractivity contribution in [2.45, 2.75) is 12.6 Å². The first-order valence-corrected chi connectivity index (χ1v) is 6.00. The maximum Gasteiger partial charge on any atom is 0.421 e. The summed E-state index contributed by atoms with van der Waals surface area (Å²) in [5.74, 6) is -0.151. The molecule has 3 nitrogen and oxygen atoms in total. The SMILES string of the molecule is NCCc1ccc(Oc2ncccc2C(F)(F)F)cc1. The second-order valence-electron chi connectivity index (χ2n) is 4.14. The van der Waals surface area contributed by atoms with Gasteiger partial charge in [-0.2, -0.15) is 13.2 Å². The Morgan fingerprint density at radius 3 is 2.40 bits per heavy atom. The molecule has 2 rings (SSSR count). The maximum atomic E-state index is 12.8. The summed E-state index contributed by atoms with van der Waals surface area (Å²) >= 11 is 0. The van der Waals surface area contributed by atoms with Crippen molar-refractivity contribution >= 4 is 0 Å². The molecular formula is C14H13F3N2O. The Kier molecular flexibility index (Phi) is 4.24. The number of pyridine rings is 1. The molecule has 0 aliphatic carbocycles. The molecule has 0 spiro atoms. The Morgan fingerprint density at radius 2 is 1.80 bits per heavy atom. The zero-order chi connectivity index (χ0) is 14.6. The second kappa shape index (κ2) is 5.92. The Hall–Kier alpha value is -2.08. The van der Waals surface area contributed by atoms with Gasteiger partial charge in [-0.1, -0.05) is 12.1 Å². The van der Waals surface area contributed by atoms with Crippen LogP contribution in [-0.4, -0.2) is 11.5 Å². The van der Waals surface area contributed by atoms with E-state index in [1.165, 1.54) is 12.3 Å².